The number of aliphatic carboxylic acids is 1. The molecule has 2 N–H and O–H groups in total. The number of rotatable bonds is 18. The van der Waals surface area contributed by atoms with Gasteiger partial charge < -0.3 is 38.5 Å². The van der Waals surface area contributed by atoms with Crippen LogP contribution in [0.25, 0.3) is 22.2 Å². The fourth-order valence-electron chi connectivity index (χ4n) is 9.58. The number of morpholine rings is 1. The van der Waals surface area contributed by atoms with Gasteiger partial charge in [0.2, 0.25) is 0 Å². The number of fused-ring (bicyclic) bond motifs is 1. The zero-order valence-corrected chi connectivity index (χ0v) is 41.4. The van der Waals surface area contributed by atoms with Crippen LogP contribution in [0.5, 0.6) is 0 Å². The summed E-state index contributed by atoms with van der Waals surface area (Å²) in [6.07, 6.45) is -4.68. The summed E-state index contributed by atoms with van der Waals surface area (Å²) in [5.74, 6) is -1.24. The number of pyridine rings is 1. The molecule has 4 aromatic carbocycles. The van der Waals surface area contributed by atoms with Crippen molar-refractivity contribution in [1.29, 1.82) is 0 Å². The second-order valence-corrected chi connectivity index (χ2v) is 23.9. The number of alkyl carbamates (subject to hydrolysis) is 1. The summed E-state index contributed by atoms with van der Waals surface area (Å²) in [5.41, 5.74) is 3.41. The van der Waals surface area contributed by atoms with Gasteiger partial charge in [0, 0.05) is 61.6 Å². The molecule has 3 atom stereocenters. The molecule has 1 saturated heterocycles. The maximum Gasteiger partial charge on any atom is 0.408 e. The maximum absolute atomic E-state index is 14.9. The van der Waals surface area contributed by atoms with Crippen molar-refractivity contribution in [2.75, 3.05) is 38.3 Å². The van der Waals surface area contributed by atoms with Crippen molar-refractivity contribution in [3.8, 4) is 11.3 Å². The lowest BCUT2D eigenvalue weighted by molar-refractivity contribution is -0.141. The van der Waals surface area contributed by atoms with E-state index in [2.05, 4.69) is 69.2 Å². The Labute approximate surface area is 403 Å². The first kappa shape index (κ1) is 50.9. The zero-order chi connectivity index (χ0) is 49.6. The molecule has 1 aliphatic heterocycles. The summed E-state index contributed by atoms with van der Waals surface area (Å²) in [4.78, 5) is 31.9. The smallest absolute Gasteiger partial charge is 0.408 e. The standard InChI is InChI=1S/C54H63F3N4O7Si/c1-37(65-7)48-43(24-17-27-58-48)49-45(32-53(5,6)36-68-69(52(2,3)4,41-20-13-9-14-21-41)42-22-15-10-16-23-42)44-30-39(25-26-47(44)61(49)35-54(55,56)57)60-28-29-66-40(33-60)31-46(50(62)63)59-51(64)67-34-38-18-11-8-12-19-38/h8-27,30,37,40,46H,28-29,31-36H2,1-7H3,(H,59,64)(H,62,63)/t37-,40-,46-/m0/s1. The Morgan fingerprint density at radius 1 is 0.899 bits per heavy atom. The Bertz CT molecular complexity index is 2640. The van der Waals surface area contributed by atoms with Crippen LogP contribution in [0.2, 0.25) is 5.04 Å². The first-order valence-corrected chi connectivity index (χ1v) is 25.2. The predicted molar refractivity (Wildman–Crippen MR) is 265 cm³/mol. The molecule has 0 spiro atoms. The number of amides is 1. The molecule has 0 saturated carbocycles. The predicted octanol–water partition coefficient (Wildman–Crippen LogP) is 10.1. The number of carbonyl (C=O) groups excluding carboxylic acids is 1. The first-order valence-electron chi connectivity index (χ1n) is 23.3. The summed E-state index contributed by atoms with van der Waals surface area (Å²) in [5, 5.41) is 15.2. The largest absolute Gasteiger partial charge is 0.480 e. The zero-order valence-electron chi connectivity index (χ0n) is 40.4. The van der Waals surface area contributed by atoms with Gasteiger partial charge in [-0.2, -0.15) is 13.2 Å². The lowest BCUT2D eigenvalue weighted by Gasteiger charge is -2.44. The highest BCUT2D eigenvalue weighted by molar-refractivity contribution is 6.99. The average Bonchev–Trinajstić information content (AvgIpc) is 3.60. The van der Waals surface area contributed by atoms with Gasteiger partial charge in [-0.1, -0.05) is 126 Å². The molecule has 11 nitrogen and oxygen atoms in total. The summed E-state index contributed by atoms with van der Waals surface area (Å²) < 4.78 is 70.7. The number of hydrogen-bond acceptors (Lipinski definition) is 8. The fourth-order valence-corrected chi connectivity index (χ4v) is 14.3. The van der Waals surface area contributed by atoms with Gasteiger partial charge in [-0.15, -0.1) is 0 Å². The molecular weight excluding hydrogens is 902 g/mol. The molecule has 0 aliphatic carbocycles. The molecule has 0 unspecified atom stereocenters. The van der Waals surface area contributed by atoms with Crippen molar-refractivity contribution < 1.29 is 46.5 Å². The number of halogens is 3. The highest BCUT2D eigenvalue weighted by Crippen LogP contribution is 2.44. The number of aromatic nitrogens is 2. The van der Waals surface area contributed by atoms with Gasteiger partial charge in [-0.05, 0) is 75.6 Å². The van der Waals surface area contributed by atoms with Gasteiger partial charge >= 0.3 is 18.2 Å². The number of nitrogens with zero attached hydrogens (tertiary/aromatic N) is 3. The van der Waals surface area contributed by atoms with Crippen molar-refractivity contribution >= 4 is 47.3 Å². The van der Waals surface area contributed by atoms with E-state index in [-0.39, 0.29) is 31.2 Å². The summed E-state index contributed by atoms with van der Waals surface area (Å²) in [6, 6.07) is 37.5. The molecule has 1 amide bonds. The quantitative estimate of drug-likeness (QED) is 0.0811. The normalized spacial score (nSPS) is 15.7. The van der Waals surface area contributed by atoms with Gasteiger partial charge in [0.25, 0.3) is 8.32 Å². The molecule has 1 fully saturated rings. The minimum Gasteiger partial charge on any atom is -0.480 e. The Morgan fingerprint density at radius 3 is 2.13 bits per heavy atom. The van der Waals surface area contributed by atoms with E-state index in [0.29, 0.717) is 53.0 Å². The molecule has 3 heterocycles. The van der Waals surface area contributed by atoms with Crippen LogP contribution >= 0.6 is 0 Å². The number of nitrogens with one attached hydrogen (secondary N) is 1. The molecule has 15 heteroatoms. The number of carbonyl (C=O) groups is 2. The highest BCUT2D eigenvalue weighted by atomic mass is 28.4. The van der Waals surface area contributed by atoms with Crippen molar-refractivity contribution in [3.63, 3.8) is 0 Å². The van der Waals surface area contributed by atoms with Crippen molar-refractivity contribution in [1.82, 2.24) is 14.9 Å². The minimum atomic E-state index is -4.58. The summed E-state index contributed by atoms with van der Waals surface area (Å²) >= 11 is 0. The van der Waals surface area contributed by atoms with Crippen LogP contribution in [0, 0.1) is 5.41 Å². The van der Waals surface area contributed by atoms with Crippen molar-refractivity contribution in [3.05, 3.63) is 144 Å². The Balaban J connectivity index is 1.28. The number of anilines is 1. The Morgan fingerprint density at radius 2 is 1.54 bits per heavy atom. The van der Waals surface area contributed by atoms with Crippen LogP contribution < -0.4 is 20.6 Å². The van der Waals surface area contributed by atoms with Crippen molar-refractivity contribution in [2.45, 2.75) is 97.0 Å². The van der Waals surface area contributed by atoms with Gasteiger partial charge in [0.15, 0.2) is 0 Å². The second-order valence-electron chi connectivity index (χ2n) is 19.6. The number of alkyl halides is 3. The number of carboxylic acids is 1. The topological polar surface area (TPSA) is 124 Å². The van der Waals surface area contributed by atoms with E-state index in [9.17, 15) is 27.9 Å². The van der Waals surface area contributed by atoms with E-state index in [1.807, 2.05) is 78.6 Å². The number of ether oxygens (including phenoxy) is 3. The van der Waals surface area contributed by atoms with Gasteiger partial charge in [-0.3, -0.25) is 4.98 Å². The molecule has 1 aliphatic rings. The Kier molecular flexibility index (Phi) is 15.7. The molecule has 0 bridgehead atoms. The lowest BCUT2D eigenvalue weighted by atomic mass is 9.84. The van der Waals surface area contributed by atoms with Crippen LogP contribution in [0.1, 0.15) is 70.9 Å². The van der Waals surface area contributed by atoms with Crippen LogP contribution in [0.3, 0.4) is 0 Å². The minimum absolute atomic E-state index is 0.0257. The number of hydrogen-bond donors (Lipinski definition) is 2. The fraction of sp³-hybridized carbons (Fsp3) is 0.389. The molecule has 366 valence electrons. The van der Waals surface area contributed by atoms with Crippen molar-refractivity contribution in [2.24, 2.45) is 5.41 Å². The molecule has 6 aromatic rings. The third-order valence-corrected chi connectivity index (χ3v) is 17.9. The summed E-state index contributed by atoms with van der Waals surface area (Å²) in [7, 11) is -1.46. The molecular formula is C54H63F3N4O7Si. The monoisotopic (exact) mass is 964 g/mol. The Hall–Kier alpha value is -6.00. The third-order valence-electron chi connectivity index (χ3n) is 12.9. The molecule has 7 rings (SSSR count). The highest BCUT2D eigenvalue weighted by Gasteiger charge is 2.51. The van der Waals surface area contributed by atoms with E-state index < -0.39 is 56.8 Å². The van der Waals surface area contributed by atoms with Crippen LogP contribution in [-0.2, 0) is 43.0 Å². The van der Waals surface area contributed by atoms with E-state index in [1.54, 1.807) is 43.6 Å². The second kappa shape index (κ2) is 21.3. The summed E-state index contributed by atoms with van der Waals surface area (Å²) in [6.45, 7) is 12.7. The lowest BCUT2D eigenvalue weighted by Crippen LogP contribution is -2.67. The van der Waals surface area contributed by atoms with Crippen LogP contribution in [0.15, 0.2) is 128 Å². The van der Waals surface area contributed by atoms with Gasteiger partial charge in [0.1, 0.15) is 19.2 Å². The van der Waals surface area contributed by atoms with E-state index in [4.69, 9.17) is 18.6 Å². The molecule has 69 heavy (non-hydrogen) atoms. The number of benzene rings is 4. The van der Waals surface area contributed by atoms with Gasteiger partial charge in [-0.25, -0.2) is 9.59 Å². The SMILES string of the molecule is CO[C@@H](C)c1ncccc1-c1c(CC(C)(C)CO[Si](c2ccccc2)(c2ccccc2)C(C)(C)C)c2cc(N3CCO[C@@H](C[C@H](NC(=O)OCc4ccccc4)C(=O)O)C3)ccc2n1CC(F)(F)F. The van der Waals surface area contributed by atoms with E-state index in [1.165, 1.54) is 4.57 Å². The first-order chi connectivity index (χ1) is 32.8. The maximum atomic E-state index is 14.9. The molecule has 2 aromatic heterocycles. The number of methoxy groups -OCH3 is 1. The van der Waals surface area contributed by atoms with Gasteiger partial charge in [0.05, 0.1) is 30.2 Å². The molecule has 0 radical (unpaired) electrons. The van der Waals surface area contributed by atoms with Crippen LogP contribution in [-0.4, -0.2) is 86.8 Å². The average molecular weight is 965 g/mol. The number of carboxylic acid groups (broad SMARTS) is 1. The van der Waals surface area contributed by atoms with E-state index >= 15 is 0 Å². The van der Waals surface area contributed by atoms with E-state index in [0.717, 1.165) is 21.6 Å². The van der Waals surface area contributed by atoms with Crippen LogP contribution in [0.4, 0.5) is 23.7 Å². The third kappa shape index (κ3) is 11.9.